The second-order valence-corrected chi connectivity index (χ2v) is 9.25. The molecule has 1 saturated heterocycles. The van der Waals surface area contributed by atoms with Crippen LogP contribution in [-0.4, -0.2) is 52.8 Å². The summed E-state index contributed by atoms with van der Waals surface area (Å²) in [6.07, 6.45) is 5.35. The zero-order chi connectivity index (χ0) is 24.5. The average Bonchev–Trinajstić information content (AvgIpc) is 3.11. The number of hydrogen-bond donors (Lipinski definition) is 1. The highest BCUT2D eigenvalue weighted by molar-refractivity contribution is 6.46. The van der Waals surface area contributed by atoms with Gasteiger partial charge < -0.3 is 14.9 Å². The molecule has 0 spiro atoms. The van der Waals surface area contributed by atoms with Gasteiger partial charge in [0.05, 0.1) is 11.6 Å². The number of aliphatic hydroxyl groups is 1. The van der Waals surface area contributed by atoms with Crippen LogP contribution < -0.4 is 0 Å². The molecule has 0 aliphatic carbocycles. The standard InChI is InChI=1S/C28H35ClN2O3/c1-3-5-17-30(18-6-4-2)19-10-20-31-25(21-13-15-23(29)16-14-21)24(27(33)28(31)34)26(32)22-11-8-7-9-12-22/h7-9,11-16,25,32H,3-6,10,17-20H2,1-2H3/b26-24-. The zero-order valence-electron chi connectivity index (χ0n) is 20.2. The number of rotatable bonds is 12. The summed E-state index contributed by atoms with van der Waals surface area (Å²) in [5, 5.41) is 11.6. The van der Waals surface area contributed by atoms with Crippen LogP contribution in [0.1, 0.15) is 63.1 Å². The lowest BCUT2D eigenvalue weighted by molar-refractivity contribution is -0.140. The molecular formula is C28H35ClN2O3. The summed E-state index contributed by atoms with van der Waals surface area (Å²) >= 11 is 6.09. The maximum atomic E-state index is 13.1. The summed E-state index contributed by atoms with van der Waals surface area (Å²) < 4.78 is 0. The Bertz CT molecular complexity index is 980. The molecule has 1 aliphatic rings. The van der Waals surface area contributed by atoms with Gasteiger partial charge in [-0.2, -0.15) is 0 Å². The molecule has 1 N–H and O–H groups in total. The third-order valence-electron chi connectivity index (χ3n) is 6.30. The Morgan fingerprint density at radius 2 is 1.50 bits per heavy atom. The van der Waals surface area contributed by atoms with Gasteiger partial charge >= 0.3 is 0 Å². The van der Waals surface area contributed by atoms with Gasteiger partial charge in [0.1, 0.15) is 5.76 Å². The molecule has 182 valence electrons. The summed E-state index contributed by atoms with van der Waals surface area (Å²) in [6, 6.07) is 15.4. The van der Waals surface area contributed by atoms with Crippen molar-refractivity contribution in [3.05, 3.63) is 76.3 Å². The fourth-order valence-corrected chi connectivity index (χ4v) is 4.54. The fraction of sp³-hybridized carbons (Fsp3) is 0.429. The first-order valence-corrected chi connectivity index (χ1v) is 12.7. The summed E-state index contributed by atoms with van der Waals surface area (Å²) in [5.74, 6) is -1.35. The quantitative estimate of drug-likeness (QED) is 0.227. The van der Waals surface area contributed by atoms with Crippen molar-refractivity contribution in [3.63, 3.8) is 0 Å². The Hall–Kier alpha value is -2.63. The van der Waals surface area contributed by atoms with Crippen LogP contribution in [0.4, 0.5) is 0 Å². The van der Waals surface area contributed by atoms with E-state index in [1.807, 2.05) is 18.2 Å². The zero-order valence-corrected chi connectivity index (χ0v) is 20.9. The molecule has 0 aromatic heterocycles. The number of unbranched alkanes of at least 4 members (excludes halogenated alkanes) is 2. The minimum Gasteiger partial charge on any atom is -0.507 e. The molecule has 1 fully saturated rings. The van der Waals surface area contributed by atoms with Crippen molar-refractivity contribution < 1.29 is 14.7 Å². The van der Waals surface area contributed by atoms with E-state index in [9.17, 15) is 14.7 Å². The summed E-state index contributed by atoms with van der Waals surface area (Å²) in [7, 11) is 0. The van der Waals surface area contributed by atoms with Crippen LogP contribution >= 0.6 is 11.6 Å². The number of nitrogens with zero attached hydrogens (tertiary/aromatic N) is 2. The Balaban J connectivity index is 1.88. The van der Waals surface area contributed by atoms with E-state index in [4.69, 9.17) is 11.6 Å². The van der Waals surface area contributed by atoms with Gasteiger partial charge in [-0.3, -0.25) is 9.59 Å². The highest BCUT2D eigenvalue weighted by atomic mass is 35.5. The molecule has 2 aromatic carbocycles. The first-order valence-electron chi connectivity index (χ1n) is 12.3. The molecule has 1 unspecified atom stereocenters. The molecule has 5 nitrogen and oxygen atoms in total. The monoisotopic (exact) mass is 482 g/mol. The lowest BCUT2D eigenvalue weighted by Crippen LogP contribution is -2.34. The molecule has 0 radical (unpaired) electrons. The topological polar surface area (TPSA) is 60.9 Å². The van der Waals surface area contributed by atoms with Crippen molar-refractivity contribution >= 4 is 29.1 Å². The number of ketones is 1. The predicted molar refractivity (Wildman–Crippen MR) is 138 cm³/mol. The molecule has 2 aromatic rings. The number of benzene rings is 2. The van der Waals surface area contributed by atoms with Crippen molar-refractivity contribution in [2.75, 3.05) is 26.2 Å². The molecule has 0 bridgehead atoms. The molecular weight excluding hydrogens is 448 g/mol. The Morgan fingerprint density at radius 3 is 2.09 bits per heavy atom. The number of halogens is 1. The summed E-state index contributed by atoms with van der Waals surface area (Å²) in [5.41, 5.74) is 1.41. The van der Waals surface area contributed by atoms with Crippen molar-refractivity contribution in [1.82, 2.24) is 9.80 Å². The van der Waals surface area contributed by atoms with E-state index in [-0.39, 0.29) is 11.3 Å². The molecule has 6 heteroatoms. The maximum absolute atomic E-state index is 13.1. The van der Waals surface area contributed by atoms with E-state index in [2.05, 4.69) is 18.7 Å². The van der Waals surface area contributed by atoms with Gasteiger partial charge in [-0.25, -0.2) is 0 Å². The van der Waals surface area contributed by atoms with Crippen LogP contribution in [0.5, 0.6) is 0 Å². The van der Waals surface area contributed by atoms with Crippen LogP contribution in [-0.2, 0) is 9.59 Å². The van der Waals surface area contributed by atoms with Crippen LogP contribution in [0, 0.1) is 0 Å². The van der Waals surface area contributed by atoms with Gasteiger partial charge in [0.2, 0.25) is 0 Å². The lowest BCUT2D eigenvalue weighted by Gasteiger charge is -2.27. The Kier molecular flexibility index (Phi) is 9.73. The van der Waals surface area contributed by atoms with Gasteiger partial charge in [-0.05, 0) is 56.6 Å². The molecule has 1 heterocycles. The van der Waals surface area contributed by atoms with Gasteiger partial charge in [-0.1, -0.05) is 80.8 Å². The number of Topliss-reactive ketones (excluding diaryl/α,β-unsaturated/α-hetero) is 1. The molecule has 1 atom stereocenters. The van der Waals surface area contributed by atoms with Crippen LogP contribution in [0.25, 0.3) is 5.76 Å². The smallest absolute Gasteiger partial charge is 0.295 e. The fourth-order valence-electron chi connectivity index (χ4n) is 4.42. The Morgan fingerprint density at radius 1 is 0.912 bits per heavy atom. The highest BCUT2D eigenvalue weighted by Gasteiger charge is 2.45. The van der Waals surface area contributed by atoms with Crippen LogP contribution in [0.2, 0.25) is 5.02 Å². The van der Waals surface area contributed by atoms with Gasteiger partial charge in [0.25, 0.3) is 11.7 Å². The van der Waals surface area contributed by atoms with Crippen molar-refractivity contribution in [1.29, 1.82) is 0 Å². The van der Waals surface area contributed by atoms with Crippen LogP contribution in [0.15, 0.2) is 60.2 Å². The van der Waals surface area contributed by atoms with Crippen molar-refractivity contribution in [3.8, 4) is 0 Å². The van der Waals surface area contributed by atoms with E-state index < -0.39 is 17.7 Å². The minimum atomic E-state index is -0.643. The van der Waals surface area contributed by atoms with Gasteiger partial charge in [0.15, 0.2) is 0 Å². The van der Waals surface area contributed by atoms with Gasteiger partial charge in [0, 0.05) is 17.1 Å². The van der Waals surface area contributed by atoms with E-state index >= 15 is 0 Å². The van der Waals surface area contributed by atoms with E-state index in [0.29, 0.717) is 17.1 Å². The van der Waals surface area contributed by atoms with Gasteiger partial charge in [-0.15, -0.1) is 0 Å². The number of carbonyl (C=O) groups excluding carboxylic acids is 2. The predicted octanol–water partition coefficient (Wildman–Crippen LogP) is 6.05. The minimum absolute atomic E-state index is 0.132. The largest absolute Gasteiger partial charge is 0.507 e. The Labute approximate surface area is 208 Å². The summed E-state index contributed by atoms with van der Waals surface area (Å²) in [6.45, 7) is 7.79. The van der Waals surface area contributed by atoms with Crippen LogP contribution in [0.3, 0.4) is 0 Å². The maximum Gasteiger partial charge on any atom is 0.295 e. The second-order valence-electron chi connectivity index (χ2n) is 8.81. The molecule has 3 rings (SSSR count). The SMILES string of the molecule is CCCCN(CCCC)CCCN1C(=O)C(=O)/C(=C(\O)c2ccccc2)C1c1ccc(Cl)cc1. The second kappa shape index (κ2) is 12.7. The third kappa shape index (κ3) is 6.28. The van der Waals surface area contributed by atoms with E-state index in [0.717, 1.165) is 57.3 Å². The van der Waals surface area contributed by atoms with E-state index in [1.54, 1.807) is 41.3 Å². The number of aliphatic hydroxyl groups excluding tert-OH is 1. The number of hydrogen-bond acceptors (Lipinski definition) is 4. The average molecular weight is 483 g/mol. The van der Waals surface area contributed by atoms with Crippen molar-refractivity contribution in [2.24, 2.45) is 0 Å². The highest BCUT2D eigenvalue weighted by Crippen LogP contribution is 2.39. The number of amides is 1. The molecule has 1 amide bonds. The summed E-state index contributed by atoms with van der Waals surface area (Å²) in [4.78, 5) is 30.3. The number of carbonyl (C=O) groups is 2. The third-order valence-corrected chi connectivity index (χ3v) is 6.55. The number of likely N-dealkylation sites (tertiary alicyclic amines) is 1. The molecule has 0 saturated carbocycles. The normalized spacial score (nSPS) is 17.6. The molecule has 1 aliphatic heterocycles. The first kappa shape index (κ1) is 26.0. The van der Waals surface area contributed by atoms with Crippen molar-refractivity contribution in [2.45, 2.75) is 52.0 Å². The lowest BCUT2D eigenvalue weighted by atomic mass is 9.95. The van der Waals surface area contributed by atoms with E-state index in [1.165, 1.54) is 0 Å². The molecule has 34 heavy (non-hydrogen) atoms. The first-order chi connectivity index (χ1) is 16.5.